The molecule has 8 nitrogen and oxygen atoms in total. The number of aromatic nitrogens is 1. The normalized spacial score (nSPS) is 19.7. The Morgan fingerprint density at radius 1 is 1.32 bits per heavy atom. The molecule has 1 aromatic heterocycles. The molecule has 2 heterocycles. The fourth-order valence-electron chi connectivity index (χ4n) is 2.93. The van der Waals surface area contributed by atoms with Crippen LogP contribution in [0.5, 0.6) is 5.88 Å². The average Bonchev–Trinajstić information content (AvgIpc) is 2.60. The van der Waals surface area contributed by atoms with Gasteiger partial charge in [-0.1, -0.05) is 20.8 Å². The molecule has 31 heavy (non-hydrogen) atoms. The zero-order valence-corrected chi connectivity index (χ0v) is 22.8. The van der Waals surface area contributed by atoms with Gasteiger partial charge in [0.05, 0.1) is 12.6 Å². The molecule has 0 aromatic carbocycles. The van der Waals surface area contributed by atoms with Crippen LogP contribution in [0.4, 0.5) is 5.82 Å². The number of hydrogen-bond acceptors (Lipinski definition) is 7. The quantitative estimate of drug-likeness (QED) is 0.317. The second-order valence-corrected chi connectivity index (χ2v) is 17.9. The van der Waals surface area contributed by atoms with Crippen molar-refractivity contribution in [2.24, 2.45) is 0 Å². The van der Waals surface area contributed by atoms with Crippen molar-refractivity contribution in [3.05, 3.63) is 17.7 Å². The standard InChI is InChI=1S/C20H38N3O5PSSi/c1-19(2,3)30(26)22-16-11-12-23(13-14-27-31(7,8)20(4,5)6)18-15(16)9-10-17(21-18)28-29(24)25/h9-10,16,22,29H,11-14H2,1-8H3,(H,24,25). The van der Waals surface area contributed by atoms with Gasteiger partial charge in [0, 0.05) is 36.1 Å². The number of pyridine rings is 1. The van der Waals surface area contributed by atoms with Gasteiger partial charge in [0.15, 0.2) is 8.32 Å². The first kappa shape index (κ1) is 26.6. The third kappa shape index (κ3) is 7.18. The number of fused-ring (bicyclic) bond motifs is 1. The molecular formula is C20H38N3O5PSSi. The molecule has 2 rings (SSSR count). The smallest absolute Gasteiger partial charge is 0.366 e. The van der Waals surface area contributed by atoms with E-state index in [1.54, 1.807) is 6.07 Å². The zero-order chi connectivity index (χ0) is 23.6. The Kier molecular flexibility index (Phi) is 8.69. The van der Waals surface area contributed by atoms with Crippen LogP contribution in [0.3, 0.4) is 0 Å². The molecular weight excluding hydrogens is 453 g/mol. The highest BCUT2D eigenvalue weighted by Crippen LogP contribution is 2.38. The lowest BCUT2D eigenvalue weighted by Crippen LogP contribution is -2.46. The van der Waals surface area contributed by atoms with Crippen molar-refractivity contribution in [3.8, 4) is 5.88 Å². The Morgan fingerprint density at radius 2 is 1.97 bits per heavy atom. The molecule has 1 aliphatic rings. The summed E-state index contributed by atoms with van der Waals surface area (Å²) < 4.78 is 38.0. The SMILES string of the molecule is CC(C)(C)[S+]([O-])NC1CCN(CCO[Si](C)(C)C(C)(C)C)c2nc(O[PH](=O)O)ccc21. The fraction of sp³-hybridized carbons (Fsp3) is 0.750. The first-order chi connectivity index (χ1) is 14.1. The maximum atomic E-state index is 12.7. The van der Waals surface area contributed by atoms with Crippen LogP contribution in [0.1, 0.15) is 59.6 Å². The monoisotopic (exact) mass is 491 g/mol. The largest absolute Gasteiger partial charge is 0.598 e. The third-order valence-electron chi connectivity index (χ3n) is 5.87. The zero-order valence-electron chi connectivity index (χ0n) is 19.9. The Bertz CT molecular complexity index is 785. The van der Waals surface area contributed by atoms with E-state index >= 15 is 0 Å². The number of nitrogens with one attached hydrogen (secondary N) is 1. The number of hydrogen-bond donors (Lipinski definition) is 2. The lowest BCUT2D eigenvalue weighted by molar-refractivity contribution is 0.291. The van der Waals surface area contributed by atoms with Crippen LogP contribution in [0, 0.1) is 0 Å². The van der Waals surface area contributed by atoms with Crippen molar-refractivity contribution in [1.82, 2.24) is 9.71 Å². The van der Waals surface area contributed by atoms with E-state index in [0.29, 0.717) is 25.5 Å². The summed E-state index contributed by atoms with van der Waals surface area (Å²) in [5.74, 6) is 0.785. The number of nitrogens with zero attached hydrogens (tertiary/aromatic N) is 2. The van der Waals surface area contributed by atoms with Crippen molar-refractivity contribution in [2.45, 2.75) is 76.9 Å². The van der Waals surface area contributed by atoms with Crippen LogP contribution in [-0.4, -0.2) is 47.2 Å². The average molecular weight is 492 g/mol. The minimum atomic E-state index is -3.15. The Labute approximate surface area is 191 Å². The van der Waals surface area contributed by atoms with Crippen molar-refractivity contribution in [1.29, 1.82) is 0 Å². The van der Waals surface area contributed by atoms with E-state index in [1.165, 1.54) is 0 Å². The lowest BCUT2D eigenvalue weighted by atomic mass is 10.0. The van der Waals surface area contributed by atoms with Crippen molar-refractivity contribution in [2.75, 3.05) is 24.6 Å². The van der Waals surface area contributed by atoms with Crippen LogP contribution in [0.15, 0.2) is 12.1 Å². The maximum Gasteiger partial charge on any atom is 0.366 e. The van der Waals surface area contributed by atoms with Gasteiger partial charge in [0.25, 0.3) is 0 Å². The van der Waals surface area contributed by atoms with E-state index in [2.05, 4.69) is 48.5 Å². The van der Waals surface area contributed by atoms with Gasteiger partial charge in [-0.3, -0.25) is 0 Å². The summed E-state index contributed by atoms with van der Waals surface area (Å²) in [5, 5.41) is 0.131. The molecule has 0 saturated carbocycles. The molecule has 11 heteroatoms. The summed E-state index contributed by atoms with van der Waals surface area (Å²) in [4.78, 5) is 15.8. The molecule has 0 aliphatic carbocycles. The van der Waals surface area contributed by atoms with E-state index in [1.807, 2.05) is 26.8 Å². The number of anilines is 1. The predicted octanol–water partition coefficient (Wildman–Crippen LogP) is 4.17. The van der Waals surface area contributed by atoms with E-state index in [9.17, 15) is 9.12 Å². The molecule has 0 fully saturated rings. The molecule has 178 valence electrons. The van der Waals surface area contributed by atoms with Gasteiger partial charge in [-0.2, -0.15) is 4.98 Å². The van der Waals surface area contributed by atoms with E-state index in [4.69, 9.17) is 13.8 Å². The molecule has 1 aliphatic heterocycles. The van der Waals surface area contributed by atoms with Crippen molar-refractivity contribution in [3.63, 3.8) is 0 Å². The minimum Gasteiger partial charge on any atom is -0.598 e. The molecule has 1 aromatic rings. The van der Waals surface area contributed by atoms with E-state index < -0.39 is 27.9 Å². The maximum absolute atomic E-state index is 12.7. The van der Waals surface area contributed by atoms with E-state index in [-0.39, 0.29) is 21.7 Å². The van der Waals surface area contributed by atoms with Gasteiger partial charge in [0.1, 0.15) is 10.6 Å². The van der Waals surface area contributed by atoms with Crippen LogP contribution in [0.25, 0.3) is 0 Å². The minimum absolute atomic E-state index is 0.109. The van der Waals surface area contributed by atoms with Gasteiger partial charge >= 0.3 is 8.25 Å². The summed E-state index contributed by atoms with van der Waals surface area (Å²) in [7, 11) is -5.01. The molecule has 0 radical (unpaired) electrons. The van der Waals surface area contributed by atoms with Crippen LogP contribution in [-0.2, 0) is 20.4 Å². The van der Waals surface area contributed by atoms with Gasteiger partial charge < -0.3 is 23.3 Å². The topological polar surface area (TPSA) is 107 Å². The fourth-order valence-corrected chi connectivity index (χ4v) is 5.12. The second kappa shape index (κ2) is 10.1. The van der Waals surface area contributed by atoms with Crippen molar-refractivity contribution < 1.29 is 23.0 Å². The predicted molar refractivity (Wildman–Crippen MR) is 130 cm³/mol. The first-order valence-corrected chi connectivity index (χ1v) is 15.9. The highest BCUT2D eigenvalue weighted by Gasteiger charge is 2.38. The molecule has 3 atom stereocenters. The summed E-state index contributed by atoms with van der Waals surface area (Å²) in [6, 6.07) is 3.29. The summed E-state index contributed by atoms with van der Waals surface area (Å²) >= 11 is -1.23. The molecule has 0 bridgehead atoms. The third-order valence-corrected chi connectivity index (χ3v) is 12.4. The van der Waals surface area contributed by atoms with Gasteiger partial charge in [-0.15, -0.1) is 4.72 Å². The van der Waals surface area contributed by atoms with Crippen LogP contribution < -0.4 is 14.1 Å². The molecule has 3 unspecified atom stereocenters. The Morgan fingerprint density at radius 3 is 2.52 bits per heavy atom. The summed E-state index contributed by atoms with van der Waals surface area (Å²) in [6.45, 7) is 18.8. The van der Waals surface area contributed by atoms with Gasteiger partial charge in [0.2, 0.25) is 5.88 Å². The first-order valence-electron chi connectivity index (χ1n) is 10.6. The van der Waals surface area contributed by atoms with Gasteiger partial charge in [-0.25, -0.2) is 4.57 Å². The van der Waals surface area contributed by atoms with Gasteiger partial charge in [-0.05, 0) is 51.4 Å². The lowest BCUT2D eigenvalue weighted by Gasteiger charge is -2.39. The Hall–Kier alpha value is -0.613. The molecule has 0 saturated heterocycles. The summed E-state index contributed by atoms with van der Waals surface area (Å²) in [6.07, 6.45) is 0.771. The molecule has 0 amide bonds. The second-order valence-electron chi connectivity index (χ2n) is 10.4. The Balaban J connectivity index is 2.23. The van der Waals surface area contributed by atoms with Crippen LogP contribution in [0.2, 0.25) is 18.1 Å². The molecule has 0 spiro atoms. The van der Waals surface area contributed by atoms with E-state index in [0.717, 1.165) is 12.0 Å². The summed E-state index contributed by atoms with van der Waals surface area (Å²) in [5.41, 5.74) is 0.904. The van der Waals surface area contributed by atoms with Crippen LogP contribution >= 0.6 is 8.25 Å². The molecule has 2 N–H and O–H groups in total. The van der Waals surface area contributed by atoms with Crippen molar-refractivity contribution >= 4 is 33.8 Å². The highest BCUT2D eigenvalue weighted by atomic mass is 32.2. The highest BCUT2D eigenvalue weighted by molar-refractivity contribution is 7.90. The number of rotatable bonds is 8.